The topological polar surface area (TPSA) is 49.3 Å². The van der Waals surface area contributed by atoms with Gasteiger partial charge in [-0.05, 0) is 18.6 Å². The Morgan fingerprint density at radius 3 is 2.52 bits per heavy atom. The number of aliphatic imine (C=N–C) groups is 1. The quantitative estimate of drug-likeness (QED) is 0.502. The molecule has 0 aliphatic heterocycles. The van der Waals surface area contributed by atoms with Gasteiger partial charge in [0.05, 0.1) is 18.8 Å². The van der Waals surface area contributed by atoms with E-state index in [-0.39, 0.29) is 0 Å². The number of hydrogen-bond acceptors (Lipinski definition) is 4. The minimum Gasteiger partial charge on any atom is -0.352 e. The summed E-state index contributed by atoms with van der Waals surface area (Å²) < 4.78 is 0. The van der Waals surface area contributed by atoms with E-state index in [1.807, 2.05) is 29.5 Å². The van der Waals surface area contributed by atoms with Crippen molar-refractivity contribution in [3.63, 3.8) is 0 Å². The summed E-state index contributed by atoms with van der Waals surface area (Å²) in [5.74, 6) is 0.794. The SMILES string of the molecule is CCc1ccc(CNC(=NC)NCc2nc(-c3ccccc3)cs2)s1. The molecule has 0 radical (unpaired) electrons. The molecule has 0 unspecified atom stereocenters. The first-order valence-electron chi connectivity index (χ1n) is 8.30. The van der Waals surface area contributed by atoms with Crippen molar-refractivity contribution in [2.24, 2.45) is 4.99 Å². The predicted molar refractivity (Wildman–Crippen MR) is 108 cm³/mol. The summed E-state index contributed by atoms with van der Waals surface area (Å²) in [6, 6.07) is 14.6. The van der Waals surface area contributed by atoms with Crippen molar-refractivity contribution >= 4 is 28.6 Å². The summed E-state index contributed by atoms with van der Waals surface area (Å²) in [7, 11) is 1.79. The van der Waals surface area contributed by atoms with Crippen molar-refractivity contribution in [3.8, 4) is 11.3 Å². The Kier molecular flexibility index (Phi) is 6.19. The zero-order chi connectivity index (χ0) is 17.5. The van der Waals surface area contributed by atoms with Crippen molar-refractivity contribution in [3.05, 3.63) is 62.6 Å². The van der Waals surface area contributed by atoms with Gasteiger partial charge < -0.3 is 10.6 Å². The number of thiazole rings is 1. The summed E-state index contributed by atoms with van der Waals surface area (Å²) in [5.41, 5.74) is 2.17. The molecule has 0 saturated heterocycles. The van der Waals surface area contributed by atoms with E-state index in [4.69, 9.17) is 4.98 Å². The largest absolute Gasteiger partial charge is 0.352 e. The first kappa shape index (κ1) is 17.6. The van der Waals surface area contributed by atoms with Gasteiger partial charge in [-0.1, -0.05) is 37.3 Å². The highest BCUT2D eigenvalue weighted by molar-refractivity contribution is 7.12. The van der Waals surface area contributed by atoms with Crippen LogP contribution >= 0.6 is 22.7 Å². The number of hydrogen-bond donors (Lipinski definition) is 2. The van der Waals surface area contributed by atoms with Crippen LogP contribution < -0.4 is 10.6 Å². The number of benzene rings is 1. The number of thiophene rings is 1. The molecule has 25 heavy (non-hydrogen) atoms. The highest BCUT2D eigenvalue weighted by Gasteiger charge is 2.06. The van der Waals surface area contributed by atoms with Gasteiger partial charge in [-0.25, -0.2) is 4.98 Å². The number of rotatable bonds is 6. The van der Waals surface area contributed by atoms with E-state index in [2.05, 4.69) is 52.2 Å². The molecule has 130 valence electrons. The van der Waals surface area contributed by atoms with Gasteiger partial charge in [0.1, 0.15) is 5.01 Å². The highest BCUT2D eigenvalue weighted by atomic mass is 32.1. The third kappa shape index (κ3) is 4.90. The molecule has 1 aromatic carbocycles. The van der Waals surface area contributed by atoms with E-state index in [1.54, 1.807) is 18.4 Å². The van der Waals surface area contributed by atoms with Gasteiger partial charge in [0, 0.05) is 27.7 Å². The van der Waals surface area contributed by atoms with E-state index in [9.17, 15) is 0 Å². The molecule has 0 fully saturated rings. The molecule has 2 N–H and O–H groups in total. The van der Waals surface area contributed by atoms with Crippen LogP contribution in [0.1, 0.15) is 21.7 Å². The normalized spacial score (nSPS) is 11.5. The van der Waals surface area contributed by atoms with Crippen LogP contribution in [0.3, 0.4) is 0 Å². The van der Waals surface area contributed by atoms with Crippen LogP contribution in [-0.2, 0) is 19.5 Å². The molecule has 0 aliphatic rings. The second-order valence-electron chi connectivity index (χ2n) is 5.49. The van der Waals surface area contributed by atoms with Crippen LogP contribution in [0.15, 0.2) is 52.8 Å². The molecule has 0 bridgehead atoms. The lowest BCUT2D eigenvalue weighted by atomic mass is 10.2. The van der Waals surface area contributed by atoms with Gasteiger partial charge in [0.25, 0.3) is 0 Å². The smallest absolute Gasteiger partial charge is 0.191 e. The number of aryl methyl sites for hydroxylation is 1. The van der Waals surface area contributed by atoms with Crippen LogP contribution in [0.2, 0.25) is 0 Å². The van der Waals surface area contributed by atoms with Crippen LogP contribution in [0.25, 0.3) is 11.3 Å². The lowest BCUT2D eigenvalue weighted by Gasteiger charge is -2.09. The summed E-state index contributed by atoms with van der Waals surface area (Å²) in [6.07, 6.45) is 1.09. The maximum Gasteiger partial charge on any atom is 0.191 e. The molecule has 0 amide bonds. The second kappa shape index (κ2) is 8.78. The van der Waals surface area contributed by atoms with Gasteiger partial charge in [-0.15, -0.1) is 22.7 Å². The Balaban J connectivity index is 1.52. The fourth-order valence-corrected chi connectivity index (χ4v) is 4.03. The lowest BCUT2D eigenvalue weighted by Crippen LogP contribution is -2.36. The molecule has 3 rings (SSSR count). The average molecular weight is 371 g/mol. The monoisotopic (exact) mass is 370 g/mol. The molecule has 2 aromatic heterocycles. The van der Waals surface area contributed by atoms with Crippen LogP contribution in [0, 0.1) is 0 Å². The average Bonchev–Trinajstić information content (AvgIpc) is 3.32. The van der Waals surface area contributed by atoms with Crippen LogP contribution in [0.5, 0.6) is 0 Å². The van der Waals surface area contributed by atoms with E-state index in [0.717, 1.165) is 35.2 Å². The summed E-state index contributed by atoms with van der Waals surface area (Å²) in [5, 5.41) is 9.84. The first-order valence-corrected chi connectivity index (χ1v) is 10.00. The van der Waals surface area contributed by atoms with Crippen molar-refractivity contribution in [2.75, 3.05) is 7.05 Å². The Hall–Kier alpha value is -2.18. The standard InChI is InChI=1S/C19H22N4S2/c1-3-15-9-10-16(25-15)11-21-19(20-2)22-12-18-23-17(13-24-18)14-7-5-4-6-8-14/h4-10,13H,3,11-12H2,1-2H3,(H2,20,21,22). The molecule has 4 nitrogen and oxygen atoms in total. The number of aromatic nitrogens is 1. The molecule has 2 heterocycles. The molecular formula is C19H22N4S2. The van der Waals surface area contributed by atoms with Crippen molar-refractivity contribution < 1.29 is 0 Å². The van der Waals surface area contributed by atoms with Crippen molar-refractivity contribution in [2.45, 2.75) is 26.4 Å². The van der Waals surface area contributed by atoms with Crippen LogP contribution in [-0.4, -0.2) is 18.0 Å². The third-order valence-electron chi connectivity index (χ3n) is 3.75. The summed E-state index contributed by atoms with van der Waals surface area (Å²) >= 11 is 3.51. The molecule has 0 saturated carbocycles. The maximum absolute atomic E-state index is 4.69. The lowest BCUT2D eigenvalue weighted by molar-refractivity contribution is 0.811. The van der Waals surface area contributed by atoms with Gasteiger partial charge in [-0.2, -0.15) is 0 Å². The summed E-state index contributed by atoms with van der Waals surface area (Å²) in [6.45, 7) is 3.64. The summed E-state index contributed by atoms with van der Waals surface area (Å²) in [4.78, 5) is 11.7. The Labute approximate surface area is 156 Å². The van der Waals surface area contributed by atoms with Crippen molar-refractivity contribution in [1.82, 2.24) is 15.6 Å². The molecule has 0 atom stereocenters. The number of nitrogens with zero attached hydrogens (tertiary/aromatic N) is 2. The molecule has 0 aliphatic carbocycles. The highest BCUT2D eigenvalue weighted by Crippen LogP contribution is 2.21. The molecule has 3 aromatic rings. The molecular weight excluding hydrogens is 348 g/mol. The second-order valence-corrected chi connectivity index (χ2v) is 7.69. The predicted octanol–water partition coefficient (Wildman–Crippen LogP) is 4.30. The van der Waals surface area contributed by atoms with E-state index in [0.29, 0.717) is 6.54 Å². The van der Waals surface area contributed by atoms with Crippen molar-refractivity contribution in [1.29, 1.82) is 0 Å². The number of nitrogens with one attached hydrogen (secondary N) is 2. The molecule has 6 heteroatoms. The Morgan fingerprint density at radius 2 is 1.80 bits per heavy atom. The fraction of sp³-hybridized carbons (Fsp3) is 0.263. The number of guanidine groups is 1. The molecule has 0 spiro atoms. The third-order valence-corrected chi connectivity index (χ3v) is 5.83. The first-order chi connectivity index (χ1) is 12.3. The van der Waals surface area contributed by atoms with E-state index >= 15 is 0 Å². The van der Waals surface area contributed by atoms with Gasteiger partial charge in [0.2, 0.25) is 0 Å². The van der Waals surface area contributed by atoms with E-state index < -0.39 is 0 Å². The minimum atomic E-state index is 0.668. The van der Waals surface area contributed by atoms with Gasteiger partial charge >= 0.3 is 0 Å². The van der Waals surface area contributed by atoms with Gasteiger partial charge in [-0.3, -0.25) is 4.99 Å². The van der Waals surface area contributed by atoms with Crippen LogP contribution in [0.4, 0.5) is 0 Å². The maximum atomic E-state index is 4.69. The zero-order valence-corrected chi connectivity index (χ0v) is 16.1. The fourth-order valence-electron chi connectivity index (χ4n) is 2.39. The zero-order valence-electron chi connectivity index (χ0n) is 14.5. The van der Waals surface area contributed by atoms with E-state index in [1.165, 1.54) is 9.75 Å². The Bertz CT molecular complexity index is 821. The Morgan fingerprint density at radius 1 is 1.04 bits per heavy atom. The van der Waals surface area contributed by atoms with Gasteiger partial charge in [0.15, 0.2) is 5.96 Å². The minimum absolute atomic E-state index is 0.668.